The number of carbonyl (C=O) groups excluding carboxylic acids is 3. The molecule has 0 bridgehead atoms. The molecule has 0 amide bonds. The number of hydrogen-bond donors (Lipinski definition) is 0. The summed E-state index contributed by atoms with van der Waals surface area (Å²) in [4.78, 5) is 38.1. The molecular weight excluding hydrogens is 841 g/mol. The minimum atomic E-state index is -0.822. The number of ether oxygens (including phenoxy) is 3. The Morgan fingerprint density at radius 1 is 0.324 bits per heavy atom. The van der Waals surface area contributed by atoms with Gasteiger partial charge in [-0.3, -0.25) is 14.4 Å². The van der Waals surface area contributed by atoms with Gasteiger partial charge in [0.1, 0.15) is 13.2 Å². The lowest BCUT2D eigenvalue weighted by molar-refractivity contribution is -0.167. The summed E-state index contributed by atoms with van der Waals surface area (Å²) in [7, 11) is 0. The number of allylic oxidation sites excluding steroid dienone is 26. The number of hydrogen-bond acceptors (Lipinski definition) is 6. The van der Waals surface area contributed by atoms with Crippen LogP contribution in [0, 0.1) is 0 Å². The minimum absolute atomic E-state index is 0.117. The zero-order valence-corrected chi connectivity index (χ0v) is 43.0. The van der Waals surface area contributed by atoms with Gasteiger partial charge in [0.15, 0.2) is 6.10 Å². The molecule has 1 atom stereocenters. The molecule has 378 valence electrons. The van der Waals surface area contributed by atoms with E-state index >= 15 is 0 Å². The molecule has 0 aromatic rings. The van der Waals surface area contributed by atoms with Gasteiger partial charge in [-0.1, -0.05) is 237 Å². The van der Waals surface area contributed by atoms with E-state index in [-0.39, 0.29) is 37.5 Å². The van der Waals surface area contributed by atoms with Crippen molar-refractivity contribution in [1.29, 1.82) is 0 Å². The molecule has 0 aromatic carbocycles. The van der Waals surface area contributed by atoms with Crippen LogP contribution in [-0.2, 0) is 28.6 Å². The van der Waals surface area contributed by atoms with Gasteiger partial charge in [-0.2, -0.15) is 0 Å². The highest BCUT2D eigenvalue weighted by Gasteiger charge is 2.19. The lowest BCUT2D eigenvalue weighted by Gasteiger charge is -2.18. The van der Waals surface area contributed by atoms with Crippen molar-refractivity contribution in [3.63, 3.8) is 0 Å². The van der Waals surface area contributed by atoms with Crippen molar-refractivity contribution >= 4 is 17.9 Å². The van der Waals surface area contributed by atoms with Gasteiger partial charge < -0.3 is 14.2 Å². The molecule has 1 unspecified atom stereocenters. The van der Waals surface area contributed by atoms with Crippen LogP contribution in [0.1, 0.15) is 194 Å². The van der Waals surface area contributed by atoms with Crippen molar-refractivity contribution in [3.05, 3.63) is 158 Å². The molecule has 0 aliphatic heterocycles. The number of esters is 3. The summed E-state index contributed by atoms with van der Waals surface area (Å²) in [5.74, 6) is -1.01. The molecule has 0 aliphatic rings. The second kappa shape index (κ2) is 54.6. The van der Waals surface area contributed by atoms with E-state index in [1.807, 2.05) is 72.9 Å². The van der Waals surface area contributed by atoms with Gasteiger partial charge in [0.05, 0.1) is 0 Å². The molecule has 0 rings (SSSR count). The summed E-state index contributed by atoms with van der Waals surface area (Å²) in [5, 5.41) is 0. The van der Waals surface area contributed by atoms with Gasteiger partial charge in [-0.05, 0) is 96.3 Å². The fourth-order valence-electron chi connectivity index (χ4n) is 6.53. The Balaban J connectivity index is 4.55. The molecule has 68 heavy (non-hydrogen) atoms. The predicted molar refractivity (Wildman–Crippen MR) is 292 cm³/mol. The van der Waals surface area contributed by atoms with Crippen LogP contribution in [0.4, 0.5) is 0 Å². The zero-order valence-electron chi connectivity index (χ0n) is 43.0. The van der Waals surface area contributed by atoms with E-state index in [4.69, 9.17) is 14.2 Å². The minimum Gasteiger partial charge on any atom is -0.462 e. The average molecular weight is 935 g/mol. The quantitative estimate of drug-likeness (QED) is 0.0199. The van der Waals surface area contributed by atoms with Gasteiger partial charge in [0.25, 0.3) is 0 Å². The van der Waals surface area contributed by atoms with E-state index in [9.17, 15) is 14.4 Å². The lowest BCUT2D eigenvalue weighted by atomic mass is 10.1. The largest absolute Gasteiger partial charge is 0.462 e. The van der Waals surface area contributed by atoms with Crippen LogP contribution in [0.3, 0.4) is 0 Å². The van der Waals surface area contributed by atoms with Crippen LogP contribution in [0.15, 0.2) is 158 Å². The van der Waals surface area contributed by atoms with Gasteiger partial charge >= 0.3 is 17.9 Å². The highest BCUT2D eigenvalue weighted by atomic mass is 16.6. The summed E-state index contributed by atoms with van der Waals surface area (Å²) in [6.07, 6.45) is 79.3. The third-order valence-corrected chi connectivity index (χ3v) is 10.5. The number of carbonyl (C=O) groups is 3. The van der Waals surface area contributed by atoms with E-state index in [2.05, 4.69) is 106 Å². The Morgan fingerprint density at radius 2 is 0.647 bits per heavy atom. The van der Waals surface area contributed by atoms with Gasteiger partial charge in [-0.15, -0.1) is 0 Å². The summed E-state index contributed by atoms with van der Waals surface area (Å²) in [6.45, 7) is 6.20. The number of rotatable bonds is 45. The van der Waals surface area contributed by atoms with Crippen LogP contribution >= 0.6 is 0 Å². The molecule has 0 aliphatic carbocycles. The van der Waals surface area contributed by atoms with Crippen molar-refractivity contribution in [1.82, 2.24) is 0 Å². The van der Waals surface area contributed by atoms with E-state index in [1.165, 1.54) is 19.3 Å². The standard InChI is InChI=1S/C62H94O6/c1-4-7-10-13-16-19-22-25-27-29-31-33-34-37-40-43-46-49-52-55-61(64)67-58-59(57-66-60(63)54-51-48-45-42-39-36-24-21-18-15-12-9-6-3)68-62(65)56-53-50-47-44-41-38-35-32-30-28-26-23-20-17-14-11-8-5-2/h7,9-12,14-21,23-28,30-33,35-36,39,59H,4-6,8,13,22,29,34,37-38,40-58H2,1-3H3/b10-7-,12-9-,14-11-,18-15-,19-16-,20-17-,24-21-,26-23-,27-25-,30-28-,33-31-,35-32-,39-36-. The second-order valence-corrected chi connectivity index (χ2v) is 16.9. The average Bonchev–Trinajstić information content (AvgIpc) is 3.34. The first-order chi connectivity index (χ1) is 33.5. The van der Waals surface area contributed by atoms with Crippen LogP contribution in [0.5, 0.6) is 0 Å². The van der Waals surface area contributed by atoms with Crippen molar-refractivity contribution < 1.29 is 28.6 Å². The van der Waals surface area contributed by atoms with Gasteiger partial charge in [-0.25, -0.2) is 0 Å². The maximum absolute atomic E-state index is 12.8. The Morgan fingerprint density at radius 3 is 1.09 bits per heavy atom. The molecule has 6 nitrogen and oxygen atoms in total. The highest BCUT2D eigenvalue weighted by Crippen LogP contribution is 2.13. The third kappa shape index (κ3) is 52.0. The highest BCUT2D eigenvalue weighted by molar-refractivity contribution is 5.71. The Kier molecular flexibility index (Phi) is 50.6. The smallest absolute Gasteiger partial charge is 0.306 e. The fraction of sp³-hybridized carbons (Fsp3) is 0.532. The Labute approximate surface area is 416 Å². The van der Waals surface area contributed by atoms with Crippen molar-refractivity contribution in [2.75, 3.05) is 13.2 Å². The first kappa shape index (κ1) is 63.0. The van der Waals surface area contributed by atoms with Crippen LogP contribution in [0.2, 0.25) is 0 Å². The topological polar surface area (TPSA) is 78.9 Å². The number of unbranched alkanes of at least 4 members (excludes halogenated alkanes) is 15. The molecule has 0 aromatic heterocycles. The first-order valence-corrected chi connectivity index (χ1v) is 26.6. The fourth-order valence-corrected chi connectivity index (χ4v) is 6.53. The summed E-state index contributed by atoms with van der Waals surface area (Å²) >= 11 is 0. The van der Waals surface area contributed by atoms with Crippen molar-refractivity contribution in [2.45, 2.75) is 200 Å². The Bertz CT molecular complexity index is 1590. The molecule has 0 heterocycles. The molecule has 0 radical (unpaired) electrons. The second-order valence-electron chi connectivity index (χ2n) is 16.9. The summed E-state index contributed by atoms with van der Waals surface area (Å²) in [5.41, 5.74) is 0. The first-order valence-electron chi connectivity index (χ1n) is 26.6. The molecule has 6 heteroatoms. The molecular formula is C62H94O6. The zero-order chi connectivity index (χ0) is 49.3. The van der Waals surface area contributed by atoms with Gasteiger partial charge in [0, 0.05) is 19.3 Å². The van der Waals surface area contributed by atoms with Crippen molar-refractivity contribution in [3.8, 4) is 0 Å². The monoisotopic (exact) mass is 935 g/mol. The maximum Gasteiger partial charge on any atom is 0.306 e. The van der Waals surface area contributed by atoms with E-state index in [1.54, 1.807) is 0 Å². The molecule has 0 N–H and O–H groups in total. The van der Waals surface area contributed by atoms with Crippen LogP contribution in [0.25, 0.3) is 0 Å². The summed E-state index contributed by atoms with van der Waals surface area (Å²) < 4.78 is 16.8. The molecule has 0 saturated carbocycles. The lowest BCUT2D eigenvalue weighted by Crippen LogP contribution is -2.30. The normalized spacial score (nSPS) is 13.4. The SMILES string of the molecule is CC\C=C/C=C\C=C/C=C\CCCCCC(=O)OCC(COC(=O)CCCCCCCC/C=C\C/C=C\C/C=C\C/C=C\CC)OC(=O)CCCCCCC\C=C/C=C\C=C/C=C\C=C/CCC. The van der Waals surface area contributed by atoms with E-state index in [0.29, 0.717) is 12.8 Å². The van der Waals surface area contributed by atoms with E-state index < -0.39 is 6.10 Å². The van der Waals surface area contributed by atoms with Gasteiger partial charge in [0.2, 0.25) is 0 Å². The summed E-state index contributed by atoms with van der Waals surface area (Å²) in [6, 6.07) is 0. The molecule has 0 fully saturated rings. The van der Waals surface area contributed by atoms with E-state index in [0.717, 1.165) is 135 Å². The molecule has 0 spiro atoms. The Hall–Kier alpha value is -4.97. The predicted octanol–water partition coefficient (Wildman–Crippen LogP) is 17.8. The maximum atomic E-state index is 12.8. The van der Waals surface area contributed by atoms with Crippen LogP contribution in [-0.4, -0.2) is 37.2 Å². The van der Waals surface area contributed by atoms with Crippen LogP contribution < -0.4 is 0 Å². The molecule has 0 saturated heterocycles. The van der Waals surface area contributed by atoms with Crippen molar-refractivity contribution in [2.24, 2.45) is 0 Å². The third-order valence-electron chi connectivity index (χ3n) is 10.5.